The van der Waals surface area contributed by atoms with E-state index in [1.165, 1.54) is 0 Å². The molecule has 0 bridgehead atoms. The second kappa shape index (κ2) is 6.85. The zero-order chi connectivity index (χ0) is 18.0. The lowest BCUT2D eigenvalue weighted by molar-refractivity contribution is 0.0936. The number of hydrazine groups is 1. The average Bonchev–Trinajstić information content (AvgIpc) is 2.60. The van der Waals surface area contributed by atoms with Crippen LogP contribution in [0.1, 0.15) is 30.6 Å². The Morgan fingerprint density at radius 3 is 2.60 bits per heavy atom. The number of nitrogens with one attached hydrogen (secondary N) is 2. The van der Waals surface area contributed by atoms with Gasteiger partial charge in [0.15, 0.2) is 0 Å². The lowest BCUT2D eigenvalue weighted by atomic mass is 9.90. The van der Waals surface area contributed by atoms with Crippen LogP contribution in [0.3, 0.4) is 0 Å². The molecule has 25 heavy (non-hydrogen) atoms. The molecule has 1 aliphatic carbocycles. The fraction of sp³-hybridized carbons (Fsp3) is 0.190. The van der Waals surface area contributed by atoms with Crippen molar-refractivity contribution < 1.29 is 9.90 Å². The quantitative estimate of drug-likeness (QED) is 0.580. The summed E-state index contributed by atoms with van der Waals surface area (Å²) in [6.45, 7) is 7.99. The van der Waals surface area contributed by atoms with Gasteiger partial charge in [0.1, 0.15) is 5.75 Å². The standard InChI is InChI=1S/C21H22N2O2/c1-13(2)15-9-8-14(3)19(11-15)22-23-21(25)18-10-16-6-4-5-7-17(16)12-20(18)24/h4-8,10-12,15,22,24H,1,9H2,2-3H3,(H,23,25). The number of phenols is 1. The van der Waals surface area contributed by atoms with Crippen LogP contribution in [0, 0.1) is 5.92 Å². The Balaban J connectivity index is 1.77. The summed E-state index contributed by atoms with van der Waals surface area (Å²) in [5.74, 6) is -0.158. The van der Waals surface area contributed by atoms with E-state index in [4.69, 9.17) is 0 Å². The second-order valence-electron chi connectivity index (χ2n) is 6.45. The van der Waals surface area contributed by atoms with Crippen LogP contribution in [0.5, 0.6) is 5.75 Å². The molecule has 0 spiro atoms. The van der Waals surface area contributed by atoms with Crippen molar-refractivity contribution in [1.82, 2.24) is 10.9 Å². The highest BCUT2D eigenvalue weighted by Crippen LogP contribution is 2.26. The highest BCUT2D eigenvalue weighted by molar-refractivity contribution is 6.01. The molecule has 1 aliphatic rings. The first-order valence-corrected chi connectivity index (χ1v) is 8.28. The van der Waals surface area contributed by atoms with E-state index in [2.05, 4.69) is 29.6 Å². The van der Waals surface area contributed by atoms with Crippen LogP contribution in [0.2, 0.25) is 0 Å². The van der Waals surface area contributed by atoms with Crippen molar-refractivity contribution >= 4 is 16.7 Å². The maximum absolute atomic E-state index is 12.5. The average molecular weight is 334 g/mol. The van der Waals surface area contributed by atoms with Crippen molar-refractivity contribution in [2.45, 2.75) is 20.3 Å². The largest absolute Gasteiger partial charge is 0.507 e. The molecular formula is C21H22N2O2. The fourth-order valence-electron chi connectivity index (χ4n) is 2.90. The molecule has 4 nitrogen and oxygen atoms in total. The molecule has 4 heteroatoms. The molecule has 1 unspecified atom stereocenters. The van der Waals surface area contributed by atoms with Gasteiger partial charge in [-0.15, -0.1) is 0 Å². The van der Waals surface area contributed by atoms with Gasteiger partial charge >= 0.3 is 0 Å². The van der Waals surface area contributed by atoms with Crippen LogP contribution >= 0.6 is 0 Å². The van der Waals surface area contributed by atoms with Gasteiger partial charge in [-0.05, 0) is 48.7 Å². The molecule has 3 rings (SSSR count). The third kappa shape index (κ3) is 3.58. The van der Waals surface area contributed by atoms with Crippen molar-refractivity contribution in [2.24, 2.45) is 5.92 Å². The smallest absolute Gasteiger partial charge is 0.273 e. The summed E-state index contributed by atoms with van der Waals surface area (Å²) in [6, 6.07) is 10.9. The molecule has 2 aromatic carbocycles. The summed E-state index contributed by atoms with van der Waals surface area (Å²) in [4.78, 5) is 12.5. The van der Waals surface area contributed by atoms with Crippen molar-refractivity contribution in [2.75, 3.05) is 0 Å². The number of benzene rings is 2. The zero-order valence-corrected chi connectivity index (χ0v) is 14.5. The van der Waals surface area contributed by atoms with Gasteiger partial charge < -0.3 is 5.11 Å². The number of allylic oxidation sites excluding steroid dienone is 4. The van der Waals surface area contributed by atoms with Crippen molar-refractivity contribution in [3.63, 3.8) is 0 Å². The van der Waals surface area contributed by atoms with Gasteiger partial charge in [0.2, 0.25) is 0 Å². The minimum Gasteiger partial charge on any atom is -0.507 e. The van der Waals surface area contributed by atoms with Crippen molar-refractivity contribution in [1.29, 1.82) is 0 Å². The fourth-order valence-corrected chi connectivity index (χ4v) is 2.90. The van der Waals surface area contributed by atoms with E-state index in [1.54, 1.807) is 12.1 Å². The van der Waals surface area contributed by atoms with E-state index in [1.807, 2.05) is 38.1 Å². The predicted molar refractivity (Wildman–Crippen MR) is 101 cm³/mol. The van der Waals surface area contributed by atoms with E-state index in [0.29, 0.717) is 0 Å². The molecule has 0 aromatic heterocycles. The van der Waals surface area contributed by atoms with E-state index in [9.17, 15) is 9.90 Å². The Morgan fingerprint density at radius 1 is 1.24 bits per heavy atom. The molecule has 0 radical (unpaired) electrons. The lowest BCUT2D eigenvalue weighted by Crippen LogP contribution is -2.37. The molecule has 0 aliphatic heterocycles. The molecular weight excluding hydrogens is 312 g/mol. The third-order valence-electron chi connectivity index (χ3n) is 4.52. The number of carbonyl (C=O) groups is 1. The summed E-state index contributed by atoms with van der Waals surface area (Å²) < 4.78 is 0. The molecule has 128 valence electrons. The minimum absolute atomic E-state index is 0.0392. The molecule has 0 fully saturated rings. The number of rotatable bonds is 4. The molecule has 1 atom stereocenters. The topological polar surface area (TPSA) is 61.4 Å². The van der Waals surface area contributed by atoms with Crippen LogP contribution < -0.4 is 10.9 Å². The first-order valence-electron chi connectivity index (χ1n) is 8.28. The molecule has 1 amide bonds. The molecule has 0 saturated carbocycles. The van der Waals surface area contributed by atoms with Gasteiger partial charge in [-0.2, -0.15) is 0 Å². The Morgan fingerprint density at radius 2 is 1.92 bits per heavy atom. The molecule has 2 aromatic rings. The lowest BCUT2D eigenvalue weighted by Gasteiger charge is -2.22. The Labute approximate surface area is 147 Å². The minimum atomic E-state index is -0.380. The monoisotopic (exact) mass is 334 g/mol. The number of carbonyl (C=O) groups excluding carboxylic acids is 1. The van der Waals surface area contributed by atoms with E-state index in [0.717, 1.165) is 34.0 Å². The van der Waals surface area contributed by atoms with Crippen LogP contribution in [0.15, 0.2) is 72.0 Å². The van der Waals surface area contributed by atoms with E-state index >= 15 is 0 Å². The first kappa shape index (κ1) is 16.8. The highest BCUT2D eigenvalue weighted by Gasteiger charge is 2.16. The second-order valence-corrected chi connectivity index (χ2v) is 6.45. The highest BCUT2D eigenvalue weighted by atomic mass is 16.3. The van der Waals surface area contributed by atoms with Gasteiger partial charge in [0.05, 0.1) is 11.3 Å². The van der Waals surface area contributed by atoms with Crippen LogP contribution in [-0.2, 0) is 0 Å². The summed E-state index contributed by atoms with van der Waals surface area (Å²) in [5.41, 5.74) is 8.89. The Bertz CT molecular complexity index is 909. The van der Waals surface area contributed by atoms with Gasteiger partial charge in [-0.3, -0.25) is 15.6 Å². The number of hydrogen-bond acceptors (Lipinski definition) is 3. The van der Waals surface area contributed by atoms with E-state index < -0.39 is 0 Å². The van der Waals surface area contributed by atoms with Gasteiger partial charge in [0.25, 0.3) is 5.91 Å². The summed E-state index contributed by atoms with van der Waals surface area (Å²) in [6.07, 6.45) is 5.12. The van der Waals surface area contributed by atoms with Crippen molar-refractivity contribution in [3.8, 4) is 5.75 Å². The summed E-state index contributed by atoms with van der Waals surface area (Å²) >= 11 is 0. The van der Waals surface area contributed by atoms with Gasteiger partial charge in [-0.1, -0.05) is 48.6 Å². The normalized spacial score (nSPS) is 16.8. The number of fused-ring (bicyclic) bond motifs is 1. The van der Waals surface area contributed by atoms with Gasteiger partial charge in [-0.25, -0.2) is 0 Å². The van der Waals surface area contributed by atoms with Gasteiger partial charge in [0, 0.05) is 5.92 Å². The van der Waals surface area contributed by atoms with E-state index in [-0.39, 0.29) is 23.1 Å². The first-order chi connectivity index (χ1) is 12.0. The van der Waals surface area contributed by atoms with Crippen LogP contribution in [0.4, 0.5) is 0 Å². The number of amides is 1. The number of aromatic hydroxyl groups is 1. The number of hydrogen-bond donors (Lipinski definition) is 3. The Hall–Kier alpha value is -3.01. The SMILES string of the molecule is C=C(C)C1C=C(NNC(=O)c2cc3ccccc3cc2O)C(C)=CC1. The summed E-state index contributed by atoms with van der Waals surface area (Å²) in [7, 11) is 0. The molecule has 0 heterocycles. The zero-order valence-electron chi connectivity index (χ0n) is 14.5. The number of phenolic OH excluding ortho intramolecular Hbond substituents is 1. The Kier molecular flexibility index (Phi) is 4.61. The molecule has 0 saturated heterocycles. The maximum Gasteiger partial charge on any atom is 0.273 e. The predicted octanol–water partition coefficient (Wildman–Crippen LogP) is 4.21. The van der Waals surface area contributed by atoms with Crippen LogP contribution in [-0.4, -0.2) is 11.0 Å². The van der Waals surface area contributed by atoms with Crippen molar-refractivity contribution in [3.05, 3.63) is 77.5 Å². The maximum atomic E-state index is 12.5. The molecule has 3 N–H and O–H groups in total. The third-order valence-corrected chi connectivity index (χ3v) is 4.52. The summed E-state index contributed by atoms with van der Waals surface area (Å²) in [5, 5.41) is 12.0. The van der Waals surface area contributed by atoms with Crippen LogP contribution in [0.25, 0.3) is 10.8 Å².